The van der Waals surface area contributed by atoms with Crippen molar-refractivity contribution in [1.29, 1.82) is 0 Å². The Morgan fingerprint density at radius 3 is 2.75 bits per heavy atom. The van der Waals surface area contributed by atoms with Gasteiger partial charge in [-0.05, 0) is 35.2 Å². The molecule has 0 fully saturated rings. The monoisotopic (exact) mass is 286 g/mol. The Balaban J connectivity index is 1.90. The molecule has 0 saturated heterocycles. The molecule has 2 aromatic carbocycles. The second-order valence-corrected chi connectivity index (χ2v) is 5.80. The van der Waals surface area contributed by atoms with Crippen LogP contribution in [0.15, 0.2) is 42.5 Å². The number of nitrogens with two attached hydrogens (primary N) is 1. The number of benzene rings is 2. The summed E-state index contributed by atoms with van der Waals surface area (Å²) in [4.78, 5) is 2.42. The van der Waals surface area contributed by atoms with Crippen LogP contribution in [0.3, 0.4) is 0 Å². The van der Waals surface area contributed by atoms with Gasteiger partial charge in [0, 0.05) is 30.7 Å². The molecule has 0 amide bonds. The van der Waals surface area contributed by atoms with Gasteiger partial charge >= 0.3 is 0 Å². The van der Waals surface area contributed by atoms with Crippen LogP contribution in [0.4, 0.5) is 0 Å². The number of nitrogens with zero attached hydrogens (tertiary/aromatic N) is 1. The van der Waals surface area contributed by atoms with Gasteiger partial charge in [0.1, 0.15) is 0 Å². The molecule has 104 valence electrons. The third-order valence-electron chi connectivity index (χ3n) is 4.16. The van der Waals surface area contributed by atoms with E-state index in [-0.39, 0.29) is 0 Å². The minimum Gasteiger partial charge on any atom is -0.329 e. The Bertz CT molecular complexity index is 624. The summed E-state index contributed by atoms with van der Waals surface area (Å²) in [6.07, 6.45) is 0. The lowest BCUT2D eigenvalue weighted by atomic mass is 10.0. The van der Waals surface area contributed by atoms with E-state index in [0.717, 1.165) is 23.7 Å². The summed E-state index contributed by atoms with van der Waals surface area (Å²) in [6, 6.07) is 14.8. The lowest BCUT2D eigenvalue weighted by molar-refractivity contribution is 0.211. The van der Waals surface area contributed by atoms with E-state index < -0.39 is 0 Å². The van der Waals surface area contributed by atoms with Crippen molar-refractivity contribution in [1.82, 2.24) is 4.90 Å². The first kappa shape index (κ1) is 13.6. The third kappa shape index (κ3) is 2.35. The van der Waals surface area contributed by atoms with Crippen molar-refractivity contribution in [2.24, 2.45) is 5.73 Å². The Labute approximate surface area is 125 Å². The molecule has 0 aliphatic carbocycles. The van der Waals surface area contributed by atoms with E-state index in [4.69, 9.17) is 17.3 Å². The molecule has 3 rings (SSSR count). The van der Waals surface area contributed by atoms with Gasteiger partial charge in [0.25, 0.3) is 0 Å². The maximum Gasteiger partial charge on any atom is 0.0480 e. The molecular formula is C17H19ClN2. The maximum atomic E-state index is 6.28. The van der Waals surface area contributed by atoms with Gasteiger partial charge < -0.3 is 5.73 Å². The fraction of sp³-hybridized carbons (Fsp3) is 0.294. The zero-order valence-electron chi connectivity index (χ0n) is 11.6. The standard InChI is InChI=1S/C17H19ClN2/c1-12-5-4-7-14-15(12)11-20(17(14)9-19)10-13-6-2-3-8-16(13)18/h2-8,17H,9-11,19H2,1H3. The largest absolute Gasteiger partial charge is 0.329 e. The van der Waals surface area contributed by atoms with E-state index in [0.29, 0.717) is 12.6 Å². The highest BCUT2D eigenvalue weighted by atomic mass is 35.5. The van der Waals surface area contributed by atoms with Crippen molar-refractivity contribution < 1.29 is 0 Å². The summed E-state index contributed by atoms with van der Waals surface area (Å²) in [5.41, 5.74) is 11.3. The molecule has 3 heteroatoms. The van der Waals surface area contributed by atoms with Crippen LogP contribution in [0.2, 0.25) is 5.02 Å². The Morgan fingerprint density at radius 2 is 2.00 bits per heavy atom. The lowest BCUT2D eigenvalue weighted by Crippen LogP contribution is -2.27. The molecule has 1 aliphatic heterocycles. The molecule has 1 aliphatic rings. The molecule has 2 nitrogen and oxygen atoms in total. The van der Waals surface area contributed by atoms with Crippen LogP contribution in [-0.4, -0.2) is 11.4 Å². The van der Waals surface area contributed by atoms with E-state index in [1.165, 1.54) is 16.7 Å². The summed E-state index contributed by atoms with van der Waals surface area (Å²) in [5.74, 6) is 0. The molecule has 0 bridgehead atoms. The van der Waals surface area contributed by atoms with Gasteiger partial charge in [0.05, 0.1) is 0 Å². The van der Waals surface area contributed by atoms with E-state index in [2.05, 4.69) is 36.1 Å². The Kier molecular flexibility index (Phi) is 3.79. The van der Waals surface area contributed by atoms with Gasteiger partial charge in [0.15, 0.2) is 0 Å². The fourth-order valence-electron chi connectivity index (χ4n) is 3.05. The van der Waals surface area contributed by atoms with Gasteiger partial charge in [0.2, 0.25) is 0 Å². The normalized spacial score (nSPS) is 18.2. The van der Waals surface area contributed by atoms with Crippen LogP contribution >= 0.6 is 11.6 Å². The zero-order chi connectivity index (χ0) is 14.1. The quantitative estimate of drug-likeness (QED) is 0.933. The first-order chi connectivity index (χ1) is 9.70. The van der Waals surface area contributed by atoms with Gasteiger partial charge in [-0.15, -0.1) is 0 Å². The van der Waals surface area contributed by atoms with Gasteiger partial charge in [-0.3, -0.25) is 4.90 Å². The first-order valence-corrected chi connectivity index (χ1v) is 7.34. The van der Waals surface area contributed by atoms with Crippen molar-refractivity contribution in [3.05, 3.63) is 69.7 Å². The van der Waals surface area contributed by atoms with Crippen molar-refractivity contribution in [2.75, 3.05) is 6.54 Å². The second kappa shape index (κ2) is 5.57. The average molecular weight is 287 g/mol. The SMILES string of the molecule is Cc1cccc2c1CN(Cc1ccccc1Cl)C2CN. The molecule has 1 unspecified atom stereocenters. The topological polar surface area (TPSA) is 29.3 Å². The lowest BCUT2D eigenvalue weighted by Gasteiger charge is -2.24. The summed E-state index contributed by atoms with van der Waals surface area (Å²) in [6.45, 7) is 4.61. The molecule has 2 N–H and O–H groups in total. The molecule has 0 spiro atoms. The molecule has 0 radical (unpaired) electrons. The van der Waals surface area contributed by atoms with Crippen molar-refractivity contribution in [3.63, 3.8) is 0 Å². The molecule has 1 atom stereocenters. The van der Waals surface area contributed by atoms with Crippen LogP contribution in [-0.2, 0) is 13.1 Å². The molecule has 0 saturated carbocycles. The van der Waals surface area contributed by atoms with Crippen LogP contribution in [0.25, 0.3) is 0 Å². The summed E-state index contributed by atoms with van der Waals surface area (Å²) < 4.78 is 0. The van der Waals surface area contributed by atoms with E-state index >= 15 is 0 Å². The molecule has 0 aromatic heterocycles. The first-order valence-electron chi connectivity index (χ1n) is 6.96. The third-order valence-corrected chi connectivity index (χ3v) is 4.53. The van der Waals surface area contributed by atoms with Crippen molar-refractivity contribution >= 4 is 11.6 Å². The highest BCUT2D eigenvalue weighted by Crippen LogP contribution is 2.36. The number of fused-ring (bicyclic) bond motifs is 1. The van der Waals surface area contributed by atoms with Crippen LogP contribution in [0, 0.1) is 6.92 Å². The molecule has 1 heterocycles. The molecular weight excluding hydrogens is 268 g/mol. The zero-order valence-corrected chi connectivity index (χ0v) is 12.4. The number of halogens is 1. The van der Waals surface area contributed by atoms with Crippen LogP contribution in [0.5, 0.6) is 0 Å². The highest BCUT2D eigenvalue weighted by molar-refractivity contribution is 6.31. The van der Waals surface area contributed by atoms with Crippen molar-refractivity contribution in [2.45, 2.75) is 26.1 Å². The van der Waals surface area contributed by atoms with E-state index in [9.17, 15) is 0 Å². The smallest absolute Gasteiger partial charge is 0.0480 e. The maximum absolute atomic E-state index is 6.28. The number of hydrogen-bond acceptors (Lipinski definition) is 2. The van der Waals surface area contributed by atoms with Gasteiger partial charge in [-0.2, -0.15) is 0 Å². The summed E-state index contributed by atoms with van der Waals surface area (Å²) in [7, 11) is 0. The number of hydrogen-bond donors (Lipinski definition) is 1. The minimum atomic E-state index is 0.293. The predicted molar refractivity (Wildman–Crippen MR) is 83.7 cm³/mol. The average Bonchev–Trinajstić information content (AvgIpc) is 2.80. The number of aryl methyl sites for hydroxylation is 1. The van der Waals surface area contributed by atoms with Crippen LogP contribution in [0.1, 0.15) is 28.3 Å². The van der Waals surface area contributed by atoms with Crippen molar-refractivity contribution in [3.8, 4) is 0 Å². The van der Waals surface area contributed by atoms with Gasteiger partial charge in [-0.25, -0.2) is 0 Å². The molecule has 20 heavy (non-hydrogen) atoms. The minimum absolute atomic E-state index is 0.293. The predicted octanol–water partition coefficient (Wildman–Crippen LogP) is 3.66. The summed E-state index contributed by atoms with van der Waals surface area (Å²) in [5, 5.41) is 0.830. The Morgan fingerprint density at radius 1 is 1.20 bits per heavy atom. The van der Waals surface area contributed by atoms with Crippen LogP contribution < -0.4 is 5.73 Å². The molecule has 2 aromatic rings. The fourth-order valence-corrected chi connectivity index (χ4v) is 3.25. The van der Waals surface area contributed by atoms with Gasteiger partial charge in [-0.1, -0.05) is 48.0 Å². The van der Waals surface area contributed by atoms with E-state index in [1.54, 1.807) is 0 Å². The highest BCUT2D eigenvalue weighted by Gasteiger charge is 2.30. The van der Waals surface area contributed by atoms with E-state index in [1.807, 2.05) is 18.2 Å². The second-order valence-electron chi connectivity index (χ2n) is 5.39. The number of rotatable bonds is 3. The summed E-state index contributed by atoms with van der Waals surface area (Å²) >= 11 is 6.28. The Hall–Kier alpha value is -1.35.